The quantitative estimate of drug-likeness (QED) is 0.382. The summed E-state index contributed by atoms with van der Waals surface area (Å²) in [6, 6.07) is 5.40. The van der Waals surface area contributed by atoms with Crippen LogP contribution < -0.4 is 4.90 Å². The van der Waals surface area contributed by atoms with E-state index in [9.17, 15) is 19.1 Å². The van der Waals surface area contributed by atoms with Crippen molar-refractivity contribution >= 4 is 23.8 Å². The molecule has 3 aliphatic rings. The van der Waals surface area contributed by atoms with Crippen molar-refractivity contribution in [2.45, 2.75) is 84.2 Å². The lowest BCUT2D eigenvalue weighted by atomic mass is 9.91. The number of benzene rings is 1. The van der Waals surface area contributed by atoms with Gasteiger partial charge in [-0.1, -0.05) is 26.0 Å². The maximum atomic E-state index is 14.7. The first kappa shape index (κ1) is 32.0. The summed E-state index contributed by atoms with van der Waals surface area (Å²) in [6.45, 7) is 11.7. The molecular formula is C33H48FN3O5. The molecule has 2 fully saturated rings. The number of amides is 1. The lowest BCUT2D eigenvalue weighted by Gasteiger charge is -2.33. The fourth-order valence-electron chi connectivity index (χ4n) is 6.14. The number of carbonyl (C=O) groups excluding carboxylic acids is 2. The number of halogens is 1. The van der Waals surface area contributed by atoms with E-state index in [-0.39, 0.29) is 30.2 Å². The summed E-state index contributed by atoms with van der Waals surface area (Å²) >= 11 is 0. The first-order chi connectivity index (χ1) is 20.0. The summed E-state index contributed by atoms with van der Waals surface area (Å²) in [6.07, 6.45) is 6.41. The second-order valence-electron chi connectivity index (χ2n) is 12.5. The van der Waals surface area contributed by atoms with Gasteiger partial charge in [-0.2, -0.15) is 0 Å². The van der Waals surface area contributed by atoms with Crippen LogP contribution in [0.25, 0.3) is 6.08 Å². The molecule has 9 heteroatoms. The Kier molecular flexibility index (Phi) is 11.1. The number of ether oxygens (including phenoxy) is 2. The van der Waals surface area contributed by atoms with E-state index in [1.54, 1.807) is 11.0 Å². The van der Waals surface area contributed by atoms with E-state index in [1.807, 2.05) is 52.1 Å². The van der Waals surface area contributed by atoms with Crippen LogP contribution in [0.1, 0.15) is 65.4 Å². The van der Waals surface area contributed by atoms with Crippen LogP contribution in [-0.2, 0) is 14.3 Å². The summed E-state index contributed by atoms with van der Waals surface area (Å²) in [5, 5.41) is 10.6. The molecular weight excluding hydrogens is 537 g/mol. The van der Waals surface area contributed by atoms with E-state index < -0.39 is 24.3 Å². The molecule has 0 aromatic heterocycles. The molecule has 3 aliphatic heterocycles. The normalized spacial score (nSPS) is 31.2. The molecule has 0 bridgehead atoms. The fraction of sp³-hybridized carbons (Fsp3) is 0.636. The van der Waals surface area contributed by atoms with E-state index >= 15 is 0 Å². The van der Waals surface area contributed by atoms with E-state index in [4.69, 9.17) is 9.47 Å². The molecule has 4 rings (SSSR count). The predicted octanol–water partition coefficient (Wildman–Crippen LogP) is 5.26. The Morgan fingerprint density at radius 2 is 1.79 bits per heavy atom. The Morgan fingerprint density at radius 3 is 2.48 bits per heavy atom. The Bertz CT molecular complexity index is 1150. The van der Waals surface area contributed by atoms with Gasteiger partial charge >= 0.3 is 12.1 Å². The van der Waals surface area contributed by atoms with Crippen molar-refractivity contribution < 1.29 is 28.6 Å². The number of aliphatic hydroxyl groups is 1. The average molecular weight is 586 g/mol. The van der Waals surface area contributed by atoms with Gasteiger partial charge in [0.2, 0.25) is 0 Å². The zero-order valence-corrected chi connectivity index (χ0v) is 25.8. The van der Waals surface area contributed by atoms with Gasteiger partial charge in [0.15, 0.2) is 0 Å². The lowest BCUT2D eigenvalue weighted by molar-refractivity contribution is -0.151. The number of hydrogen-bond donors (Lipinski definition) is 1. The van der Waals surface area contributed by atoms with E-state index in [1.165, 1.54) is 6.07 Å². The molecule has 6 atom stereocenters. The van der Waals surface area contributed by atoms with Crippen molar-refractivity contribution in [1.82, 2.24) is 9.80 Å². The van der Waals surface area contributed by atoms with Crippen molar-refractivity contribution in [2.24, 2.45) is 11.8 Å². The van der Waals surface area contributed by atoms with Crippen LogP contribution in [0.3, 0.4) is 0 Å². The Hall–Kier alpha value is -2.91. The maximum Gasteiger partial charge on any atom is 0.410 e. The number of anilines is 1. The van der Waals surface area contributed by atoms with E-state index in [0.29, 0.717) is 37.5 Å². The molecule has 0 aliphatic carbocycles. The van der Waals surface area contributed by atoms with Crippen LogP contribution in [0.5, 0.6) is 0 Å². The second kappa shape index (κ2) is 14.5. The van der Waals surface area contributed by atoms with Gasteiger partial charge in [0.25, 0.3) is 0 Å². The molecule has 0 unspecified atom stereocenters. The highest BCUT2D eigenvalue weighted by Gasteiger charge is 2.29. The summed E-state index contributed by atoms with van der Waals surface area (Å²) < 4.78 is 26.6. The topological polar surface area (TPSA) is 82.5 Å². The first-order valence-electron chi connectivity index (χ1n) is 15.5. The molecule has 1 aromatic rings. The number of likely N-dealkylation sites (N-methyl/N-ethyl adjacent to an activating group) is 1. The van der Waals surface area contributed by atoms with Crippen molar-refractivity contribution in [1.29, 1.82) is 0 Å². The second-order valence-corrected chi connectivity index (χ2v) is 12.5. The van der Waals surface area contributed by atoms with Gasteiger partial charge in [-0.3, -0.25) is 4.79 Å². The minimum absolute atomic E-state index is 0.0521. The fourth-order valence-corrected chi connectivity index (χ4v) is 6.14. The van der Waals surface area contributed by atoms with Gasteiger partial charge < -0.3 is 29.3 Å². The number of hydrogen-bond acceptors (Lipinski definition) is 7. The van der Waals surface area contributed by atoms with Gasteiger partial charge in [0.1, 0.15) is 18.0 Å². The van der Waals surface area contributed by atoms with Gasteiger partial charge in [0.05, 0.1) is 12.5 Å². The standard InChI is InChI=1S/C33H48FN3O5/c1-22-8-10-29(38)21-31(39)42-32(23(2)9-11-30(22)41-33(40)36-15-13-35(5)14-16-36)24(3)17-26-18-27(34)20-28(19-26)37-12-6-7-25(37)4/h9,11,17-20,22-23,25,29-30,32,38H,6-8,10,12-16,21H2,1-5H3/b11-9-,24-17+/t22-,23-,25-,29+,30-,32-/m0/s1. The van der Waals surface area contributed by atoms with Gasteiger partial charge in [-0.05, 0) is 87.9 Å². The number of aliphatic hydroxyl groups excluding tert-OH is 1. The van der Waals surface area contributed by atoms with Crippen LogP contribution in [0.15, 0.2) is 35.9 Å². The number of rotatable bonds is 4. The molecule has 8 nitrogen and oxygen atoms in total. The molecule has 0 radical (unpaired) electrons. The monoisotopic (exact) mass is 585 g/mol. The van der Waals surface area contributed by atoms with Crippen LogP contribution in [0.2, 0.25) is 0 Å². The highest BCUT2D eigenvalue weighted by atomic mass is 19.1. The van der Waals surface area contributed by atoms with Crippen molar-refractivity contribution in [3.05, 3.63) is 47.3 Å². The average Bonchev–Trinajstić information content (AvgIpc) is 3.37. The zero-order chi connectivity index (χ0) is 30.4. The Balaban J connectivity index is 1.57. The molecule has 42 heavy (non-hydrogen) atoms. The van der Waals surface area contributed by atoms with Crippen LogP contribution in [0.4, 0.5) is 14.9 Å². The minimum atomic E-state index is -0.856. The van der Waals surface area contributed by atoms with Crippen molar-refractivity contribution in [3.63, 3.8) is 0 Å². The third-order valence-corrected chi connectivity index (χ3v) is 8.89. The number of esters is 1. The first-order valence-corrected chi connectivity index (χ1v) is 15.5. The highest BCUT2D eigenvalue weighted by Crippen LogP contribution is 2.30. The van der Waals surface area contributed by atoms with Gasteiger partial charge in [-0.15, -0.1) is 0 Å². The lowest BCUT2D eigenvalue weighted by Crippen LogP contribution is -2.48. The van der Waals surface area contributed by atoms with Gasteiger partial charge in [0, 0.05) is 50.4 Å². The number of cyclic esters (lactones) is 1. The molecule has 0 spiro atoms. The molecule has 2 saturated heterocycles. The minimum Gasteiger partial charge on any atom is -0.457 e. The number of nitrogens with zero attached hydrogens (tertiary/aromatic N) is 3. The molecule has 232 valence electrons. The predicted molar refractivity (Wildman–Crippen MR) is 163 cm³/mol. The van der Waals surface area contributed by atoms with E-state index in [0.717, 1.165) is 43.7 Å². The van der Waals surface area contributed by atoms with E-state index in [2.05, 4.69) is 16.7 Å². The summed E-state index contributed by atoms with van der Waals surface area (Å²) in [5.41, 5.74) is 2.31. The highest BCUT2D eigenvalue weighted by molar-refractivity contribution is 5.71. The Labute approximate surface area is 250 Å². The summed E-state index contributed by atoms with van der Waals surface area (Å²) in [7, 11) is 2.04. The van der Waals surface area contributed by atoms with Crippen LogP contribution in [0, 0.1) is 17.7 Å². The third kappa shape index (κ3) is 8.57. The third-order valence-electron chi connectivity index (χ3n) is 8.89. The van der Waals surface area contributed by atoms with Crippen LogP contribution >= 0.6 is 0 Å². The molecule has 1 N–H and O–H groups in total. The Morgan fingerprint density at radius 1 is 1.05 bits per heavy atom. The SMILES string of the molecule is C/C(=C\c1cc(F)cc(N2CCC[C@@H]2C)c1)[C@H]1OC(=O)C[C@H](O)CC[C@H](C)[C@@H](OC(=O)N2CCN(C)CC2)/C=C\[C@@H]1C. The maximum absolute atomic E-state index is 14.7. The largest absolute Gasteiger partial charge is 0.457 e. The molecule has 3 heterocycles. The number of carbonyl (C=O) groups is 2. The molecule has 1 aromatic carbocycles. The molecule has 0 saturated carbocycles. The van der Waals surface area contributed by atoms with Gasteiger partial charge in [-0.25, -0.2) is 9.18 Å². The summed E-state index contributed by atoms with van der Waals surface area (Å²) in [4.78, 5) is 32.0. The summed E-state index contributed by atoms with van der Waals surface area (Å²) in [5.74, 6) is -1.09. The smallest absolute Gasteiger partial charge is 0.410 e. The van der Waals surface area contributed by atoms with Crippen molar-refractivity contribution in [2.75, 3.05) is 44.7 Å². The zero-order valence-electron chi connectivity index (χ0n) is 25.8. The number of piperazine rings is 1. The van der Waals surface area contributed by atoms with Crippen molar-refractivity contribution in [3.8, 4) is 0 Å². The molecule has 1 amide bonds. The van der Waals surface area contributed by atoms with Crippen LogP contribution in [-0.4, -0.2) is 91.1 Å².